The zero-order valence-electron chi connectivity index (χ0n) is 7.90. The highest BCUT2D eigenvalue weighted by Crippen LogP contribution is 2.21. The van der Waals surface area contributed by atoms with E-state index in [9.17, 15) is 4.79 Å². The second kappa shape index (κ2) is 4.93. The lowest BCUT2D eigenvalue weighted by Crippen LogP contribution is -2.32. The molecule has 0 aliphatic rings. The number of aromatic nitrogens is 2. The molecule has 1 aromatic heterocycles. The number of carbonyl (C=O) groups is 1. The third-order valence-corrected chi connectivity index (χ3v) is 3.04. The average Bonchev–Trinajstić information content (AvgIpc) is 2.46. The normalized spacial score (nSPS) is 12.6. The van der Waals surface area contributed by atoms with Crippen LogP contribution in [0.3, 0.4) is 0 Å². The van der Waals surface area contributed by atoms with Crippen molar-refractivity contribution in [1.82, 2.24) is 15.5 Å². The van der Waals surface area contributed by atoms with E-state index in [1.807, 2.05) is 13.8 Å². The van der Waals surface area contributed by atoms with E-state index in [1.54, 1.807) is 0 Å². The van der Waals surface area contributed by atoms with Crippen molar-refractivity contribution in [3.8, 4) is 0 Å². The molecule has 0 radical (unpaired) electrons. The molecule has 0 fully saturated rings. The molecule has 0 aliphatic heterocycles. The maximum Gasteiger partial charge on any atom is 0.257 e. The zero-order valence-corrected chi connectivity index (χ0v) is 11.1. The summed E-state index contributed by atoms with van der Waals surface area (Å²) in [5.41, 5.74) is 0.505. The molecule has 4 nitrogen and oxygen atoms in total. The lowest BCUT2D eigenvalue weighted by Gasteiger charge is -2.10. The second-order valence-corrected chi connectivity index (χ2v) is 4.53. The first-order valence-corrected chi connectivity index (χ1v) is 5.85. The van der Waals surface area contributed by atoms with E-state index in [1.165, 1.54) is 0 Å². The predicted octanol–water partition coefficient (Wildman–Crippen LogP) is 2.46. The van der Waals surface area contributed by atoms with Gasteiger partial charge in [-0.2, -0.15) is 5.10 Å². The number of hydrogen-bond acceptors (Lipinski definition) is 2. The predicted molar refractivity (Wildman–Crippen MR) is 61.2 cm³/mol. The topological polar surface area (TPSA) is 57.8 Å². The van der Waals surface area contributed by atoms with Crippen molar-refractivity contribution >= 4 is 37.8 Å². The van der Waals surface area contributed by atoms with Gasteiger partial charge in [-0.1, -0.05) is 6.92 Å². The van der Waals surface area contributed by atoms with Crippen LogP contribution < -0.4 is 5.32 Å². The first-order chi connectivity index (χ1) is 6.56. The molecule has 1 rings (SSSR count). The number of aromatic amines is 1. The minimum Gasteiger partial charge on any atom is -0.349 e. The van der Waals surface area contributed by atoms with E-state index in [4.69, 9.17) is 0 Å². The lowest BCUT2D eigenvalue weighted by molar-refractivity contribution is 0.0938. The van der Waals surface area contributed by atoms with E-state index < -0.39 is 0 Å². The highest BCUT2D eigenvalue weighted by atomic mass is 79.9. The fraction of sp³-hybridized carbons (Fsp3) is 0.500. The van der Waals surface area contributed by atoms with Crippen molar-refractivity contribution in [3.05, 3.63) is 14.8 Å². The SMILES string of the molecule is CCC(C)NC(=O)c1c(Br)n[nH]c1Br. The van der Waals surface area contributed by atoms with E-state index >= 15 is 0 Å². The Kier molecular flexibility index (Phi) is 4.12. The van der Waals surface area contributed by atoms with Crippen molar-refractivity contribution in [2.24, 2.45) is 0 Å². The molecule has 2 N–H and O–H groups in total. The number of H-pyrrole nitrogens is 1. The van der Waals surface area contributed by atoms with E-state index in [2.05, 4.69) is 47.4 Å². The fourth-order valence-electron chi connectivity index (χ4n) is 0.892. The number of nitrogens with one attached hydrogen (secondary N) is 2. The summed E-state index contributed by atoms with van der Waals surface area (Å²) < 4.78 is 1.11. The molecule has 0 saturated carbocycles. The minimum atomic E-state index is -0.133. The summed E-state index contributed by atoms with van der Waals surface area (Å²) in [5, 5.41) is 9.38. The van der Waals surface area contributed by atoms with Crippen LogP contribution in [0.4, 0.5) is 0 Å². The monoisotopic (exact) mass is 323 g/mol. The average molecular weight is 325 g/mol. The quantitative estimate of drug-likeness (QED) is 0.897. The van der Waals surface area contributed by atoms with Crippen LogP contribution in [0.1, 0.15) is 30.6 Å². The van der Waals surface area contributed by atoms with Crippen molar-refractivity contribution < 1.29 is 4.79 Å². The van der Waals surface area contributed by atoms with Crippen LogP contribution >= 0.6 is 31.9 Å². The van der Waals surface area contributed by atoms with Gasteiger partial charge in [0, 0.05) is 6.04 Å². The maximum absolute atomic E-state index is 11.7. The fourth-order valence-corrected chi connectivity index (χ4v) is 2.08. The molecule has 0 aliphatic carbocycles. The summed E-state index contributed by atoms with van der Waals surface area (Å²) in [6.07, 6.45) is 0.902. The van der Waals surface area contributed by atoms with Gasteiger partial charge in [-0.05, 0) is 45.2 Å². The molecule has 1 unspecified atom stereocenters. The van der Waals surface area contributed by atoms with Gasteiger partial charge < -0.3 is 5.32 Å². The van der Waals surface area contributed by atoms with Crippen LogP contribution in [0.25, 0.3) is 0 Å². The molecule has 1 aromatic rings. The molecule has 0 spiro atoms. The molecule has 6 heteroatoms. The van der Waals surface area contributed by atoms with Crippen molar-refractivity contribution in [1.29, 1.82) is 0 Å². The molecule has 0 aromatic carbocycles. The Balaban J connectivity index is 2.79. The summed E-state index contributed by atoms with van der Waals surface area (Å²) in [5.74, 6) is -0.133. The molecule has 0 saturated heterocycles. The molecular formula is C8H11Br2N3O. The third kappa shape index (κ3) is 2.57. The van der Waals surface area contributed by atoms with Gasteiger partial charge in [0.25, 0.3) is 5.91 Å². The highest BCUT2D eigenvalue weighted by molar-refractivity contribution is 9.11. The van der Waals surface area contributed by atoms with Crippen LogP contribution in [0.15, 0.2) is 9.21 Å². The standard InChI is InChI=1S/C8H11Br2N3O/c1-3-4(2)11-8(14)5-6(9)12-13-7(5)10/h4H,3H2,1-2H3,(H,11,14)(H,12,13). The number of carbonyl (C=O) groups excluding carboxylic acids is 1. The summed E-state index contributed by atoms with van der Waals surface area (Å²) in [7, 11) is 0. The van der Waals surface area contributed by atoms with Crippen LogP contribution in [-0.4, -0.2) is 22.1 Å². The molecular weight excluding hydrogens is 314 g/mol. The Morgan fingerprint density at radius 3 is 2.71 bits per heavy atom. The molecule has 1 amide bonds. The van der Waals surface area contributed by atoms with Crippen LogP contribution in [0.5, 0.6) is 0 Å². The van der Waals surface area contributed by atoms with E-state index in [-0.39, 0.29) is 11.9 Å². The number of nitrogens with zero attached hydrogens (tertiary/aromatic N) is 1. The summed E-state index contributed by atoms with van der Waals surface area (Å²) in [6.45, 7) is 3.98. The summed E-state index contributed by atoms with van der Waals surface area (Å²) >= 11 is 6.42. The largest absolute Gasteiger partial charge is 0.349 e. The first kappa shape index (κ1) is 11.7. The maximum atomic E-state index is 11.7. The first-order valence-electron chi connectivity index (χ1n) is 4.26. The Morgan fingerprint density at radius 1 is 1.64 bits per heavy atom. The summed E-state index contributed by atoms with van der Waals surface area (Å²) in [4.78, 5) is 11.7. The number of amides is 1. The van der Waals surface area contributed by atoms with Gasteiger partial charge >= 0.3 is 0 Å². The number of rotatable bonds is 3. The van der Waals surface area contributed by atoms with Crippen LogP contribution in [-0.2, 0) is 0 Å². The zero-order chi connectivity index (χ0) is 10.7. The van der Waals surface area contributed by atoms with Gasteiger partial charge in [0.1, 0.15) is 14.8 Å². The van der Waals surface area contributed by atoms with Crippen LogP contribution in [0.2, 0.25) is 0 Å². The van der Waals surface area contributed by atoms with Gasteiger partial charge in [-0.3, -0.25) is 9.89 Å². The summed E-state index contributed by atoms with van der Waals surface area (Å²) in [6, 6.07) is 0.163. The van der Waals surface area contributed by atoms with Gasteiger partial charge in [0.2, 0.25) is 0 Å². The van der Waals surface area contributed by atoms with Crippen molar-refractivity contribution in [3.63, 3.8) is 0 Å². The second-order valence-electron chi connectivity index (χ2n) is 2.99. The number of halogens is 2. The molecule has 1 heterocycles. The molecule has 0 bridgehead atoms. The molecule has 1 atom stereocenters. The molecule has 14 heavy (non-hydrogen) atoms. The lowest BCUT2D eigenvalue weighted by atomic mass is 10.2. The Bertz CT molecular complexity index is 318. The van der Waals surface area contributed by atoms with Crippen LogP contribution in [0, 0.1) is 0 Å². The van der Waals surface area contributed by atoms with Gasteiger partial charge in [-0.15, -0.1) is 0 Å². The van der Waals surface area contributed by atoms with E-state index in [0.29, 0.717) is 14.8 Å². The minimum absolute atomic E-state index is 0.133. The Morgan fingerprint density at radius 2 is 2.29 bits per heavy atom. The Hall–Kier alpha value is -0.360. The van der Waals surface area contributed by atoms with Gasteiger partial charge in [-0.25, -0.2) is 0 Å². The Labute approximate surface area is 99.1 Å². The highest BCUT2D eigenvalue weighted by Gasteiger charge is 2.18. The van der Waals surface area contributed by atoms with E-state index in [0.717, 1.165) is 6.42 Å². The van der Waals surface area contributed by atoms with Gasteiger partial charge in [0.15, 0.2) is 0 Å². The smallest absolute Gasteiger partial charge is 0.257 e. The third-order valence-electron chi connectivity index (χ3n) is 1.89. The number of hydrogen-bond donors (Lipinski definition) is 2. The molecule has 78 valence electrons. The van der Waals surface area contributed by atoms with Crippen molar-refractivity contribution in [2.45, 2.75) is 26.3 Å². The van der Waals surface area contributed by atoms with Gasteiger partial charge in [0.05, 0.1) is 0 Å². The van der Waals surface area contributed by atoms with Crippen molar-refractivity contribution in [2.75, 3.05) is 0 Å².